The van der Waals surface area contributed by atoms with Gasteiger partial charge in [-0.05, 0) is 32.0 Å². The molecule has 0 radical (unpaired) electrons. The van der Waals surface area contributed by atoms with Crippen molar-refractivity contribution < 1.29 is 19.2 Å². The molecule has 0 unspecified atom stereocenters. The molecule has 1 amide bonds. The highest BCUT2D eigenvalue weighted by Crippen LogP contribution is 2.35. The zero-order valence-corrected chi connectivity index (χ0v) is 15.9. The highest BCUT2D eigenvalue weighted by atomic mass is 79.9. The van der Waals surface area contributed by atoms with Gasteiger partial charge in [0.25, 0.3) is 5.91 Å². The van der Waals surface area contributed by atoms with Crippen LogP contribution in [0.25, 0.3) is 10.9 Å². The van der Waals surface area contributed by atoms with Crippen LogP contribution in [0.4, 0.5) is 5.69 Å². The highest BCUT2D eigenvalue weighted by Gasteiger charge is 2.27. The van der Waals surface area contributed by atoms with Crippen molar-refractivity contribution in [1.82, 2.24) is 9.88 Å². The molecule has 1 aliphatic heterocycles. The Morgan fingerprint density at radius 1 is 1.42 bits per heavy atom. The fourth-order valence-corrected chi connectivity index (χ4v) is 3.38. The Balaban J connectivity index is 1.85. The summed E-state index contributed by atoms with van der Waals surface area (Å²) in [6.07, 6.45) is 1.03. The van der Waals surface area contributed by atoms with Crippen LogP contribution in [0.1, 0.15) is 13.8 Å². The zero-order chi connectivity index (χ0) is 18.8. The average molecular weight is 424 g/mol. The summed E-state index contributed by atoms with van der Waals surface area (Å²) in [5.74, 6) is -0.190. The number of carbonyl (C=O) groups is 1. The lowest BCUT2D eigenvalue weighted by atomic mass is 10.2. The van der Waals surface area contributed by atoms with Crippen LogP contribution in [-0.2, 0) is 9.53 Å². The molecule has 0 bridgehead atoms. The molecular formula is C17H18BrN3O5. The SMILES string of the molecule is C[C@H]1CN(C(=O)COc2c([N+](=O)[O-])cnc3ccc(Br)cc23)C[C@H](C)O1. The standard InChI is InChI=1S/C17H18BrN3O5/c1-10-7-20(8-11(2)26-10)16(22)9-25-17-13-5-12(18)3-4-14(13)19-6-15(17)21(23)24/h3-6,10-11H,7-9H2,1-2H3/t10-,11-/m0/s1. The van der Waals surface area contributed by atoms with Crippen molar-refractivity contribution in [2.45, 2.75) is 26.1 Å². The maximum absolute atomic E-state index is 12.5. The Bertz CT molecular complexity index is 850. The number of nitrogens with zero attached hydrogens (tertiary/aromatic N) is 3. The number of pyridine rings is 1. The summed E-state index contributed by atoms with van der Waals surface area (Å²) in [5.41, 5.74) is 0.280. The van der Waals surface area contributed by atoms with Crippen LogP contribution in [0, 0.1) is 10.1 Å². The summed E-state index contributed by atoms with van der Waals surface area (Å²) in [6, 6.07) is 5.20. The first-order chi connectivity index (χ1) is 12.3. The van der Waals surface area contributed by atoms with E-state index in [1.807, 2.05) is 13.8 Å². The second-order valence-electron chi connectivity index (χ2n) is 6.24. The predicted molar refractivity (Wildman–Crippen MR) is 98.2 cm³/mol. The number of amides is 1. The molecule has 1 aromatic heterocycles. The zero-order valence-electron chi connectivity index (χ0n) is 14.3. The van der Waals surface area contributed by atoms with E-state index in [0.717, 1.165) is 10.7 Å². The van der Waals surface area contributed by atoms with Gasteiger partial charge in [-0.15, -0.1) is 0 Å². The second-order valence-corrected chi connectivity index (χ2v) is 7.15. The van der Waals surface area contributed by atoms with Gasteiger partial charge in [0.15, 0.2) is 6.61 Å². The summed E-state index contributed by atoms with van der Waals surface area (Å²) >= 11 is 3.34. The first-order valence-electron chi connectivity index (χ1n) is 8.14. The van der Waals surface area contributed by atoms with Crippen molar-refractivity contribution in [2.75, 3.05) is 19.7 Å². The smallest absolute Gasteiger partial charge is 0.329 e. The maximum Gasteiger partial charge on any atom is 0.329 e. The molecule has 0 aliphatic carbocycles. The van der Waals surface area contributed by atoms with Gasteiger partial charge in [-0.1, -0.05) is 15.9 Å². The molecule has 138 valence electrons. The maximum atomic E-state index is 12.5. The number of morpholine rings is 1. The third kappa shape index (κ3) is 3.94. The van der Waals surface area contributed by atoms with Crippen LogP contribution in [0.5, 0.6) is 5.75 Å². The van der Waals surface area contributed by atoms with Crippen molar-refractivity contribution in [3.05, 3.63) is 39.0 Å². The quantitative estimate of drug-likeness (QED) is 0.554. The summed E-state index contributed by atoms with van der Waals surface area (Å²) in [4.78, 5) is 29.0. The van der Waals surface area contributed by atoms with Crippen molar-refractivity contribution >= 4 is 38.4 Å². The average Bonchev–Trinajstić information content (AvgIpc) is 2.58. The molecule has 1 aromatic carbocycles. The largest absolute Gasteiger partial charge is 0.476 e. The van der Waals surface area contributed by atoms with Gasteiger partial charge in [0.1, 0.15) is 6.20 Å². The monoisotopic (exact) mass is 423 g/mol. The molecule has 1 fully saturated rings. The summed E-state index contributed by atoms with van der Waals surface area (Å²) in [6.45, 7) is 4.45. The lowest BCUT2D eigenvalue weighted by molar-refractivity contribution is -0.386. The summed E-state index contributed by atoms with van der Waals surface area (Å²) in [7, 11) is 0. The van der Waals surface area contributed by atoms with E-state index in [1.54, 1.807) is 23.1 Å². The van der Waals surface area contributed by atoms with Crippen molar-refractivity contribution in [3.8, 4) is 5.75 Å². The molecule has 1 aliphatic rings. The number of halogens is 1. The summed E-state index contributed by atoms with van der Waals surface area (Å²) < 4.78 is 12.0. The number of hydrogen-bond acceptors (Lipinski definition) is 6. The molecule has 2 aromatic rings. The molecule has 26 heavy (non-hydrogen) atoms. The van der Waals surface area contributed by atoms with E-state index in [0.29, 0.717) is 24.0 Å². The molecule has 0 N–H and O–H groups in total. The molecular weight excluding hydrogens is 406 g/mol. The third-order valence-corrected chi connectivity index (χ3v) is 4.56. The molecule has 0 spiro atoms. The first-order valence-corrected chi connectivity index (χ1v) is 8.93. The molecule has 9 heteroatoms. The minimum absolute atomic E-state index is 0.0454. The van der Waals surface area contributed by atoms with Crippen molar-refractivity contribution in [2.24, 2.45) is 0 Å². The molecule has 8 nitrogen and oxygen atoms in total. The van der Waals surface area contributed by atoms with Gasteiger partial charge in [0.05, 0.1) is 28.0 Å². The van der Waals surface area contributed by atoms with E-state index in [1.165, 1.54) is 0 Å². The molecule has 0 saturated carbocycles. The minimum Gasteiger partial charge on any atom is -0.476 e. The van der Waals surface area contributed by atoms with Crippen molar-refractivity contribution in [1.29, 1.82) is 0 Å². The van der Waals surface area contributed by atoms with E-state index in [2.05, 4.69) is 20.9 Å². The Morgan fingerprint density at radius 2 is 2.12 bits per heavy atom. The number of carbonyl (C=O) groups excluding carboxylic acids is 1. The third-order valence-electron chi connectivity index (χ3n) is 4.07. The second kappa shape index (κ2) is 7.55. The van der Waals surface area contributed by atoms with Gasteiger partial charge in [0, 0.05) is 17.6 Å². The van der Waals surface area contributed by atoms with Crippen molar-refractivity contribution in [3.63, 3.8) is 0 Å². The molecule has 2 atom stereocenters. The number of benzene rings is 1. The summed E-state index contributed by atoms with van der Waals surface area (Å²) in [5, 5.41) is 11.8. The number of fused-ring (bicyclic) bond motifs is 1. The number of aromatic nitrogens is 1. The Kier molecular flexibility index (Phi) is 5.38. The van der Waals surface area contributed by atoms with Crippen LogP contribution in [0.3, 0.4) is 0 Å². The Morgan fingerprint density at radius 3 is 2.77 bits per heavy atom. The van der Waals surface area contributed by atoms with E-state index in [9.17, 15) is 14.9 Å². The van der Waals surface area contributed by atoms with Gasteiger partial charge >= 0.3 is 5.69 Å². The molecule has 3 rings (SSSR count). The van der Waals surface area contributed by atoms with Crippen LogP contribution in [0.15, 0.2) is 28.9 Å². The fraction of sp³-hybridized carbons (Fsp3) is 0.412. The fourth-order valence-electron chi connectivity index (χ4n) is 3.02. The van der Waals surface area contributed by atoms with Crippen LogP contribution >= 0.6 is 15.9 Å². The van der Waals surface area contributed by atoms with Gasteiger partial charge in [-0.3, -0.25) is 14.9 Å². The van der Waals surface area contributed by atoms with Crippen LogP contribution < -0.4 is 4.74 Å². The van der Waals surface area contributed by atoms with Gasteiger partial charge in [-0.2, -0.15) is 0 Å². The van der Waals surface area contributed by atoms with E-state index in [-0.39, 0.29) is 36.2 Å². The number of hydrogen-bond donors (Lipinski definition) is 0. The minimum atomic E-state index is -0.563. The van der Waals surface area contributed by atoms with Crippen LogP contribution in [-0.4, -0.2) is 52.6 Å². The normalized spacial score (nSPS) is 20.2. The molecule has 1 saturated heterocycles. The Hall–Kier alpha value is -2.26. The van der Waals surface area contributed by atoms with Crippen LogP contribution in [0.2, 0.25) is 0 Å². The Labute approximate surface area is 158 Å². The number of ether oxygens (including phenoxy) is 2. The highest BCUT2D eigenvalue weighted by molar-refractivity contribution is 9.10. The van der Waals surface area contributed by atoms with E-state index >= 15 is 0 Å². The molecule has 2 heterocycles. The van der Waals surface area contributed by atoms with Gasteiger partial charge < -0.3 is 14.4 Å². The number of nitro groups is 1. The van der Waals surface area contributed by atoms with Gasteiger partial charge in [0.2, 0.25) is 5.75 Å². The van der Waals surface area contributed by atoms with Gasteiger partial charge in [-0.25, -0.2) is 4.98 Å². The predicted octanol–water partition coefficient (Wildman–Crippen LogP) is 2.92. The number of rotatable bonds is 4. The lowest BCUT2D eigenvalue weighted by Gasteiger charge is -2.35. The lowest BCUT2D eigenvalue weighted by Crippen LogP contribution is -2.49. The van der Waals surface area contributed by atoms with E-state index in [4.69, 9.17) is 9.47 Å². The topological polar surface area (TPSA) is 94.8 Å². The van der Waals surface area contributed by atoms with E-state index < -0.39 is 4.92 Å². The first kappa shape index (κ1) is 18.5.